The number of hydrogen-bond donors (Lipinski definition) is 0. The summed E-state index contributed by atoms with van der Waals surface area (Å²) in [4.78, 5) is 22.3. The topological polar surface area (TPSA) is 52.6 Å². The van der Waals surface area contributed by atoms with Crippen molar-refractivity contribution in [2.75, 3.05) is 6.61 Å². The Morgan fingerprint density at radius 2 is 1.93 bits per heavy atom. The first-order valence-electron chi connectivity index (χ1n) is 4.52. The van der Waals surface area contributed by atoms with E-state index in [1.807, 2.05) is 0 Å². The van der Waals surface area contributed by atoms with E-state index in [1.54, 1.807) is 20.8 Å². The van der Waals surface area contributed by atoms with Gasteiger partial charge in [0.05, 0.1) is 12.7 Å². The highest BCUT2D eigenvalue weighted by Gasteiger charge is 2.17. The highest BCUT2D eigenvalue weighted by molar-refractivity contribution is 6.16. The molecular formula is C10H16O4. The Balaban J connectivity index is 4.50. The molecule has 0 aromatic heterocycles. The van der Waals surface area contributed by atoms with Gasteiger partial charge in [-0.15, -0.1) is 0 Å². The first-order chi connectivity index (χ1) is 6.49. The lowest BCUT2D eigenvalue weighted by molar-refractivity contribution is -0.143. The molecule has 0 N–H and O–H groups in total. The lowest BCUT2D eigenvalue weighted by Gasteiger charge is -2.08. The van der Waals surface area contributed by atoms with E-state index < -0.39 is 5.97 Å². The van der Waals surface area contributed by atoms with E-state index in [0.717, 1.165) is 6.26 Å². The van der Waals surface area contributed by atoms with Gasteiger partial charge < -0.3 is 9.47 Å². The molecule has 0 aliphatic carbocycles. The summed E-state index contributed by atoms with van der Waals surface area (Å²) in [5, 5.41) is 0. The monoisotopic (exact) mass is 200 g/mol. The maximum atomic E-state index is 11.3. The van der Waals surface area contributed by atoms with Crippen molar-refractivity contribution in [3.63, 3.8) is 0 Å². The maximum Gasteiger partial charge on any atom is 0.345 e. The molecule has 14 heavy (non-hydrogen) atoms. The molecule has 0 amide bonds. The molecule has 0 unspecified atom stereocenters. The van der Waals surface area contributed by atoms with E-state index in [1.165, 1.54) is 6.92 Å². The summed E-state index contributed by atoms with van der Waals surface area (Å²) < 4.78 is 9.74. The third-order valence-electron chi connectivity index (χ3n) is 1.31. The van der Waals surface area contributed by atoms with Crippen molar-refractivity contribution in [1.82, 2.24) is 0 Å². The van der Waals surface area contributed by atoms with Crippen molar-refractivity contribution in [3.05, 3.63) is 11.8 Å². The van der Waals surface area contributed by atoms with Crippen molar-refractivity contribution in [1.29, 1.82) is 0 Å². The minimum Gasteiger partial charge on any atom is -0.500 e. The molecule has 0 spiro atoms. The predicted octanol–water partition coefficient (Wildman–Crippen LogP) is 1.45. The number of ketones is 1. The predicted molar refractivity (Wildman–Crippen MR) is 51.6 cm³/mol. The molecule has 0 fully saturated rings. The number of hydrogen-bond acceptors (Lipinski definition) is 4. The average molecular weight is 200 g/mol. The molecule has 80 valence electrons. The summed E-state index contributed by atoms with van der Waals surface area (Å²) in [6, 6.07) is 0. The third kappa shape index (κ3) is 4.64. The standard InChI is InChI=1S/C10H16O4/c1-5-13-6-9(8(4)11)10(12)14-7(2)3/h6-7H,5H2,1-4H3/b9-6+. The van der Waals surface area contributed by atoms with E-state index in [0.29, 0.717) is 6.61 Å². The van der Waals surface area contributed by atoms with Crippen LogP contribution >= 0.6 is 0 Å². The summed E-state index contributed by atoms with van der Waals surface area (Å²) in [6.07, 6.45) is 0.902. The van der Waals surface area contributed by atoms with Crippen LogP contribution in [-0.2, 0) is 19.1 Å². The third-order valence-corrected chi connectivity index (χ3v) is 1.31. The normalized spacial score (nSPS) is 11.4. The van der Waals surface area contributed by atoms with E-state index in [9.17, 15) is 9.59 Å². The maximum absolute atomic E-state index is 11.3. The van der Waals surface area contributed by atoms with Gasteiger partial charge in [-0.2, -0.15) is 0 Å². The van der Waals surface area contributed by atoms with Crippen LogP contribution in [0.2, 0.25) is 0 Å². The molecule has 0 heterocycles. The SMILES string of the molecule is CCO/C=C(\C(C)=O)C(=O)OC(C)C. The van der Waals surface area contributed by atoms with Gasteiger partial charge in [0.15, 0.2) is 5.78 Å². The van der Waals surface area contributed by atoms with E-state index in [-0.39, 0.29) is 17.5 Å². The number of ether oxygens (including phenoxy) is 2. The molecule has 0 aliphatic rings. The van der Waals surface area contributed by atoms with Crippen molar-refractivity contribution in [3.8, 4) is 0 Å². The Labute approximate surface area is 83.9 Å². The molecule has 0 saturated heterocycles. The highest BCUT2D eigenvalue weighted by Crippen LogP contribution is 2.03. The van der Waals surface area contributed by atoms with Crippen LogP contribution in [0.1, 0.15) is 27.7 Å². The summed E-state index contributed by atoms with van der Waals surface area (Å²) in [7, 11) is 0. The fourth-order valence-electron chi connectivity index (χ4n) is 0.719. The minimum atomic E-state index is -0.638. The second-order valence-corrected chi connectivity index (χ2v) is 3.00. The first-order valence-corrected chi connectivity index (χ1v) is 4.52. The van der Waals surface area contributed by atoms with Gasteiger partial charge in [0.1, 0.15) is 11.8 Å². The van der Waals surface area contributed by atoms with Crippen molar-refractivity contribution in [2.45, 2.75) is 33.8 Å². The molecule has 0 saturated carbocycles. The molecular weight excluding hydrogens is 184 g/mol. The van der Waals surface area contributed by atoms with Gasteiger partial charge in [0.25, 0.3) is 0 Å². The van der Waals surface area contributed by atoms with E-state index in [2.05, 4.69) is 0 Å². The van der Waals surface area contributed by atoms with Gasteiger partial charge in [-0.1, -0.05) is 0 Å². The lowest BCUT2D eigenvalue weighted by atomic mass is 10.2. The Kier molecular flexibility index (Phi) is 5.60. The number of carbonyl (C=O) groups excluding carboxylic acids is 2. The molecule has 0 bridgehead atoms. The molecule has 0 aliphatic heterocycles. The largest absolute Gasteiger partial charge is 0.500 e. The smallest absolute Gasteiger partial charge is 0.345 e. The van der Waals surface area contributed by atoms with E-state index >= 15 is 0 Å². The Hall–Kier alpha value is -1.32. The zero-order chi connectivity index (χ0) is 11.1. The number of carbonyl (C=O) groups is 2. The second kappa shape index (κ2) is 6.18. The average Bonchev–Trinajstić information content (AvgIpc) is 2.02. The Bertz CT molecular complexity index is 241. The van der Waals surface area contributed by atoms with Gasteiger partial charge in [0.2, 0.25) is 0 Å². The van der Waals surface area contributed by atoms with Crippen LogP contribution in [0.25, 0.3) is 0 Å². The molecule has 0 radical (unpaired) electrons. The van der Waals surface area contributed by atoms with Crippen LogP contribution in [0.5, 0.6) is 0 Å². The first kappa shape index (κ1) is 12.7. The second-order valence-electron chi connectivity index (χ2n) is 3.00. The zero-order valence-corrected chi connectivity index (χ0v) is 8.99. The fraction of sp³-hybridized carbons (Fsp3) is 0.600. The van der Waals surface area contributed by atoms with Crippen molar-refractivity contribution in [2.24, 2.45) is 0 Å². The van der Waals surface area contributed by atoms with Crippen LogP contribution in [0.15, 0.2) is 11.8 Å². The van der Waals surface area contributed by atoms with Gasteiger partial charge in [0, 0.05) is 0 Å². The van der Waals surface area contributed by atoms with Gasteiger partial charge in [-0.3, -0.25) is 4.79 Å². The molecule has 0 atom stereocenters. The Morgan fingerprint density at radius 3 is 2.29 bits per heavy atom. The van der Waals surface area contributed by atoms with Crippen LogP contribution in [-0.4, -0.2) is 24.5 Å². The van der Waals surface area contributed by atoms with E-state index in [4.69, 9.17) is 9.47 Å². The summed E-state index contributed by atoms with van der Waals surface area (Å²) in [5.74, 6) is -0.995. The van der Waals surface area contributed by atoms with Gasteiger partial charge >= 0.3 is 5.97 Å². The molecule has 4 nitrogen and oxygen atoms in total. The van der Waals surface area contributed by atoms with Crippen molar-refractivity contribution < 1.29 is 19.1 Å². The molecule has 4 heteroatoms. The lowest BCUT2D eigenvalue weighted by Crippen LogP contribution is -2.18. The summed E-state index contributed by atoms with van der Waals surface area (Å²) in [5.41, 5.74) is -0.0550. The summed E-state index contributed by atoms with van der Waals surface area (Å²) >= 11 is 0. The molecule has 0 rings (SSSR count). The summed E-state index contributed by atoms with van der Waals surface area (Å²) in [6.45, 7) is 6.91. The fourth-order valence-corrected chi connectivity index (χ4v) is 0.719. The zero-order valence-electron chi connectivity index (χ0n) is 8.99. The highest BCUT2D eigenvalue weighted by atomic mass is 16.5. The number of Topliss-reactive ketones (excluding diaryl/α,β-unsaturated/α-hetero) is 1. The van der Waals surface area contributed by atoms with Crippen LogP contribution < -0.4 is 0 Å². The van der Waals surface area contributed by atoms with Crippen LogP contribution in [0.3, 0.4) is 0 Å². The van der Waals surface area contributed by atoms with Gasteiger partial charge in [-0.05, 0) is 27.7 Å². The van der Waals surface area contributed by atoms with Gasteiger partial charge in [-0.25, -0.2) is 4.79 Å². The molecule has 0 aromatic carbocycles. The number of esters is 1. The van der Waals surface area contributed by atoms with Crippen LogP contribution in [0, 0.1) is 0 Å². The van der Waals surface area contributed by atoms with Crippen LogP contribution in [0.4, 0.5) is 0 Å². The Morgan fingerprint density at radius 1 is 1.36 bits per heavy atom. The quantitative estimate of drug-likeness (QED) is 0.221. The minimum absolute atomic E-state index is 0.0550. The van der Waals surface area contributed by atoms with Crippen molar-refractivity contribution >= 4 is 11.8 Å². The number of rotatable bonds is 5. The molecule has 0 aromatic rings.